The largest absolute Gasteiger partial charge is 0.223 e. The highest BCUT2D eigenvalue weighted by molar-refractivity contribution is 14.1. The first-order valence-electron chi connectivity index (χ1n) is 8.73. The smallest absolute Gasteiger partial charge is 0.191 e. The van der Waals surface area contributed by atoms with Crippen molar-refractivity contribution in [2.45, 2.75) is 19.3 Å². The van der Waals surface area contributed by atoms with Gasteiger partial charge in [-0.05, 0) is 34.4 Å². The first kappa shape index (κ1) is 15.9. The van der Waals surface area contributed by atoms with Crippen molar-refractivity contribution < 1.29 is 0 Å². The number of fused-ring (bicyclic) bond motifs is 4. The lowest BCUT2D eigenvalue weighted by molar-refractivity contribution is 0.660. The summed E-state index contributed by atoms with van der Waals surface area (Å²) in [6.45, 7) is 4.62. The Morgan fingerprint density at radius 3 is 2.38 bits per heavy atom. The van der Waals surface area contributed by atoms with Crippen molar-refractivity contribution in [1.29, 1.82) is 0 Å². The third-order valence-corrected chi connectivity index (χ3v) is 5.92. The van der Waals surface area contributed by atoms with Crippen LogP contribution in [-0.4, -0.2) is 9.97 Å². The molecule has 1 aromatic heterocycles. The molecule has 0 saturated carbocycles. The zero-order valence-electron chi connectivity index (χ0n) is 14.6. The minimum Gasteiger partial charge on any atom is -0.223 e. The lowest BCUT2D eigenvalue weighted by Crippen LogP contribution is -2.15. The van der Waals surface area contributed by atoms with Crippen molar-refractivity contribution in [3.05, 3.63) is 81.7 Å². The van der Waals surface area contributed by atoms with Gasteiger partial charge >= 0.3 is 0 Å². The van der Waals surface area contributed by atoms with Crippen LogP contribution in [0.4, 0.5) is 0 Å². The van der Waals surface area contributed by atoms with Gasteiger partial charge < -0.3 is 0 Å². The zero-order valence-corrected chi connectivity index (χ0v) is 16.8. The maximum absolute atomic E-state index is 4.77. The van der Waals surface area contributed by atoms with E-state index < -0.39 is 0 Å². The minimum atomic E-state index is -0.00206. The first-order valence-corrected chi connectivity index (χ1v) is 9.80. The summed E-state index contributed by atoms with van der Waals surface area (Å²) in [5.74, 6) is 0. The van der Waals surface area contributed by atoms with Crippen LogP contribution in [0.2, 0.25) is 0 Å². The number of benzene rings is 3. The molecule has 2 nitrogen and oxygen atoms in total. The van der Waals surface area contributed by atoms with Gasteiger partial charge in [-0.25, -0.2) is 9.97 Å². The molecule has 0 aliphatic heterocycles. The van der Waals surface area contributed by atoms with E-state index in [1.807, 2.05) is 6.07 Å². The van der Waals surface area contributed by atoms with Crippen LogP contribution in [0.1, 0.15) is 25.0 Å². The molecule has 5 rings (SSSR count). The molecular formula is C23H17IN2. The van der Waals surface area contributed by atoms with Gasteiger partial charge in [-0.3, -0.25) is 0 Å². The van der Waals surface area contributed by atoms with E-state index in [0.29, 0.717) is 0 Å². The van der Waals surface area contributed by atoms with Crippen LogP contribution >= 0.6 is 22.6 Å². The summed E-state index contributed by atoms with van der Waals surface area (Å²) < 4.78 is 0.777. The summed E-state index contributed by atoms with van der Waals surface area (Å²) in [7, 11) is 0. The maximum Gasteiger partial charge on any atom is 0.191 e. The van der Waals surface area contributed by atoms with Gasteiger partial charge in [-0.2, -0.15) is 0 Å². The van der Waals surface area contributed by atoms with Crippen LogP contribution in [0.5, 0.6) is 0 Å². The fourth-order valence-electron chi connectivity index (χ4n) is 4.12. The minimum absolute atomic E-state index is 0.00206. The van der Waals surface area contributed by atoms with Gasteiger partial charge in [0, 0.05) is 39.0 Å². The Morgan fingerprint density at radius 2 is 1.50 bits per heavy atom. The predicted molar refractivity (Wildman–Crippen MR) is 115 cm³/mol. The van der Waals surface area contributed by atoms with Crippen molar-refractivity contribution in [3.63, 3.8) is 0 Å². The van der Waals surface area contributed by atoms with Crippen LogP contribution in [0.3, 0.4) is 0 Å². The first-order chi connectivity index (χ1) is 12.6. The number of rotatable bonds is 1. The van der Waals surface area contributed by atoms with Gasteiger partial charge in [0.15, 0.2) is 3.83 Å². The Kier molecular flexibility index (Phi) is 3.44. The molecule has 3 heteroatoms. The molecule has 0 radical (unpaired) electrons. The molecule has 0 atom stereocenters. The predicted octanol–water partition coefficient (Wildman–Crippen LogP) is 6.21. The molecular weight excluding hydrogens is 431 g/mol. The maximum atomic E-state index is 4.77. The van der Waals surface area contributed by atoms with Crippen LogP contribution < -0.4 is 0 Å². The summed E-state index contributed by atoms with van der Waals surface area (Å²) in [5.41, 5.74) is 8.60. The average molecular weight is 448 g/mol. The molecule has 3 aromatic carbocycles. The molecule has 126 valence electrons. The molecule has 0 bridgehead atoms. The normalized spacial score (nSPS) is 14.3. The zero-order chi connectivity index (χ0) is 17.9. The molecule has 1 aliphatic carbocycles. The molecule has 0 amide bonds. The monoisotopic (exact) mass is 448 g/mol. The number of aromatic nitrogens is 2. The quantitative estimate of drug-likeness (QED) is 0.256. The molecule has 26 heavy (non-hydrogen) atoms. The molecule has 0 N–H and O–H groups in total. The van der Waals surface area contributed by atoms with Crippen molar-refractivity contribution in [1.82, 2.24) is 9.97 Å². The van der Waals surface area contributed by atoms with Crippen molar-refractivity contribution in [3.8, 4) is 22.4 Å². The molecule has 4 aromatic rings. The molecule has 0 unspecified atom stereocenters. The Morgan fingerprint density at radius 1 is 0.769 bits per heavy atom. The van der Waals surface area contributed by atoms with E-state index in [1.165, 1.54) is 22.3 Å². The van der Waals surface area contributed by atoms with Crippen LogP contribution in [-0.2, 0) is 5.41 Å². The van der Waals surface area contributed by atoms with Gasteiger partial charge in [0.05, 0.1) is 11.2 Å². The standard InChI is InChI=1S/C23H17IN2/c1-23(2)18-9-5-3-7-15(18)16-12-11-14(13-19(16)23)21-17-8-4-6-10-20(17)25-22(24)26-21/h3-13H,1-2H3. The summed E-state index contributed by atoms with van der Waals surface area (Å²) in [6.07, 6.45) is 0. The van der Waals surface area contributed by atoms with Gasteiger partial charge in [-0.1, -0.05) is 68.4 Å². The molecule has 0 saturated heterocycles. The Bertz CT molecular complexity index is 1180. The van der Waals surface area contributed by atoms with Crippen molar-refractivity contribution >= 4 is 33.5 Å². The lowest BCUT2D eigenvalue weighted by Gasteiger charge is -2.22. The third kappa shape index (κ3) is 2.23. The summed E-state index contributed by atoms with van der Waals surface area (Å²) in [4.78, 5) is 9.34. The second kappa shape index (κ2) is 5.61. The topological polar surface area (TPSA) is 25.8 Å². The second-order valence-corrected chi connectivity index (χ2v) is 8.25. The highest BCUT2D eigenvalue weighted by Gasteiger charge is 2.35. The average Bonchev–Trinajstić information content (AvgIpc) is 2.89. The van der Waals surface area contributed by atoms with Crippen LogP contribution in [0.15, 0.2) is 66.7 Å². The van der Waals surface area contributed by atoms with E-state index in [9.17, 15) is 0 Å². The number of hydrogen-bond donors (Lipinski definition) is 0. The molecule has 1 heterocycles. The SMILES string of the molecule is CC1(C)c2ccccc2-c2ccc(-c3nc(I)nc4ccccc34)cc21. The highest BCUT2D eigenvalue weighted by Crippen LogP contribution is 2.49. The van der Waals surface area contributed by atoms with Gasteiger partial charge in [0.25, 0.3) is 0 Å². The van der Waals surface area contributed by atoms with E-state index in [1.54, 1.807) is 0 Å². The Balaban J connectivity index is 1.77. The molecule has 0 spiro atoms. The number of halogens is 1. The number of hydrogen-bond acceptors (Lipinski definition) is 2. The van der Waals surface area contributed by atoms with Crippen molar-refractivity contribution in [2.75, 3.05) is 0 Å². The van der Waals surface area contributed by atoms with Gasteiger partial charge in [0.1, 0.15) is 0 Å². The van der Waals surface area contributed by atoms with E-state index in [2.05, 4.69) is 102 Å². The molecule has 1 aliphatic rings. The van der Waals surface area contributed by atoms with Gasteiger partial charge in [0.2, 0.25) is 0 Å². The highest BCUT2D eigenvalue weighted by atomic mass is 127. The van der Waals surface area contributed by atoms with Crippen LogP contribution in [0, 0.1) is 3.83 Å². The number of nitrogens with zero attached hydrogens (tertiary/aromatic N) is 2. The fourth-order valence-corrected chi connectivity index (χ4v) is 4.62. The van der Waals surface area contributed by atoms with Crippen molar-refractivity contribution in [2.24, 2.45) is 0 Å². The third-order valence-electron chi connectivity index (χ3n) is 5.43. The van der Waals surface area contributed by atoms with E-state index in [-0.39, 0.29) is 5.41 Å². The summed E-state index contributed by atoms with van der Waals surface area (Å²) in [5, 5.41) is 1.10. The Labute approximate surface area is 166 Å². The Hall–Kier alpha value is -2.27. The summed E-state index contributed by atoms with van der Waals surface area (Å²) in [6, 6.07) is 23.7. The van der Waals surface area contributed by atoms with E-state index in [4.69, 9.17) is 4.98 Å². The molecule has 0 fully saturated rings. The lowest BCUT2D eigenvalue weighted by atomic mass is 9.82. The van der Waals surface area contributed by atoms with Gasteiger partial charge in [-0.15, -0.1) is 0 Å². The fraction of sp³-hybridized carbons (Fsp3) is 0.130. The van der Waals surface area contributed by atoms with E-state index >= 15 is 0 Å². The number of para-hydroxylation sites is 1. The second-order valence-electron chi connectivity index (χ2n) is 7.29. The summed E-state index contributed by atoms with van der Waals surface area (Å²) >= 11 is 2.20. The van der Waals surface area contributed by atoms with E-state index in [0.717, 1.165) is 26.0 Å². The van der Waals surface area contributed by atoms with Crippen LogP contribution in [0.25, 0.3) is 33.3 Å².